The largest absolute Gasteiger partial charge is 0.326 e. The molecule has 0 radical (unpaired) electrons. The van der Waals surface area contributed by atoms with Crippen molar-refractivity contribution in [1.82, 2.24) is 5.43 Å². The molecule has 0 spiro atoms. The minimum Gasteiger partial charge on any atom is -0.326 e. The molecule has 1 aliphatic rings. The molecule has 3 rings (SSSR count). The number of hydrogen-bond acceptors (Lipinski definition) is 3. The lowest BCUT2D eigenvalue weighted by Gasteiger charge is -2.20. The van der Waals surface area contributed by atoms with E-state index in [4.69, 9.17) is 0 Å². The lowest BCUT2D eigenvalue weighted by atomic mass is 9.88. The summed E-state index contributed by atoms with van der Waals surface area (Å²) in [7, 11) is 0. The molecule has 2 aromatic rings. The van der Waals surface area contributed by atoms with Gasteiger partial charge < -0.3 is 5.32 Å². The van der Waals surface area contributed by atoms with Crippen molar-refractivity contribution >= 4 is 23.2 Å². The Balaban J connectivity index is 1.56. The first-order valence-electron chi connectivity index (χ1n) is 10.8. The minimum atomic E-state index is -0.235. The minimum absolute atomic E-state index is 0.114. The van der Waals surface area contributed by atoms with Crippen LogP contribution < -0.4 is 10.7 Å². The topological polar surface area (TPSA) is 70.6 Å². The monoisotopic (exact) mass is 405 g/mol. The van der Waals surface area contributed by atoms with Crippen LogP contribution in [0, 0.1) is 5.92 Å². The molecule has 0 aromatic heterocycles. The summed E-state index contributed by atoms with van der Waals surface area (Å²) >= 11 is 0. The maximum absolute atomic E-state index is 12.4. The van der Waals surface area contributed by atoms with E-state index < -0.39 is 0 Å². The van der Waals surface area contributed by atoms with Gasteiger partial charge in [0.1, 0.15) is 0 Å². The van der Waals surface area contributed by atoms with Gasteiger partial charge in [0.2, 0.25) is 5.91 Å². The molecule has 2 aromatic carbocycles. The highest BCUT2D eigenvalue weighted by atomic mass is 16.2. The van der Waals surface area contributed by atoms with Crippen molar-refractivity contribution in [3.63, 3.8) is 0 Å². The summed E-state index contributed by atoms with van der Waals surface area (Å²) in [5.74, 6) is 0.439. The van der Waals surface area contributed by atoms with Crippen molar-refractivity contribution in [2.75, 3.05) is 5.32 Å². The van der Waals surface area contributed by atoms with Crippen LogP contribution in [0.25, 0.3) is 0 Å². The van der Waals surface area contributed by atoms with Crippen molar-refractivity contribution < 1.29 is 9.59 Å². The number of amides is 2. The number of hydrazone groups is 1. The average Bonchev–Trinajstić information content (AvgIpc) is 2.78. The van der Waals surface area contributed by atoms with E-state index in [1.54, 1.807) is 0 Å². The SMILES string of the molecule is C/C(=N/NC(=O)c1ccc(C(C)C)cc1)c1ccc(NC(=O)C2CCCCC2)cc1. The Morgan fingerprint density at radius 2 is 1.50 bits per heavy atom. The summed E-state index contributed by atoms with van der Waals surface area (Å²) in [6.07, 6.45) is 5.47. The van der Waals surface area contributed by atoms with Gasteiger partial charge in [-0.25, -0.2) is 5.43 Å². The zero-order chi connectivity index (χ0) is 21.5. The number of carbonyl (C=O) groups is 2. The van der Waals surface area contributed by atoms with Gasteiger partial charge in [0.15, 0.2) is 0 Å². The standard InChI is InChI=1S/C25H31N3O2/c1-17(2)19-9-11-22(12-10-19)25(30)28-27-18(3)20-13-15-23(16-14-20)26-24(29)21-7-5-4-6-8-21/h9-17,21H,4-8H2,1-3H3,(H,26,29)(H,28,30)/b27-18-. The number of anilines is 1. The van der Waals surface area contributed by atoms with Gasteiger partial charge >= 0.3 is 0 Å². The maximum Gasteiger partial charge on any atom is 0.271 e. The van der Waals surface area contributed by atoms with Crippen LogP contribution in [0.4, 0.5) is 5.69 Å². The molecular formula is C25H31N3O2. The van der Waals surface area contributed by atoms with Gasteiger partial charge in [-0.15, -0.1) is 0 Å². The molecule has 0 aliphatic heterocycles. The fourth-order valence-electron chi connectivity index (χ4n) is 3.69. The van der Waals surface area contributed by atoms with E-state index in [-0.39, 0.29) is 17.7 Å². The highest BCUT2D eigenvalue weighted by Gasteiger charge is 2.20. The molecule has 2 amide bonds. The van der Waals surface area contributed by atoms with Gasteiger partial charge in [0.05, 0.1) is 5.71 Å². The van der Waals surface area contributed by atoms with Gasteiger partial charge in [0.25, 0.3) is 5.91 Å². The van der Waals surface area contributed by atoms with Gasteiger partial charge in [-0.2, -0.15) is 5.10 Å². The summed E-state index contributed by atoms with van der Waals surface area (Å²) in [5, 5.41) is 7.24. The Morgan fingerprint density at radius 1 is 0.900 bits per heavy atom. The third kappa shape index (κ3) is 5.78. The van der Waals surface area contributed by atoms with E-state index in [9.17, 15) is 9.59 Å². The molecule has 0 bridgehead atoms. The van der Waals surface area contributed by atoms with Gasteiger partial charge in [-0.1, -0.05) is 57.4 Å². The lowest BCUT2D eigenvalue weighted by molar-refractivity contribution is -0.120. The number of hydrogen-bond donors (Lipinski definition) is 2. The Bertz CT molecular complexity index is 893. The van der Waals surface area contributed by atoms with E-state index >= 15 is 0 Å². The molecular weight excluding hydrogens is 374 g/mol. The second-order valence-electron chi connectivity index (χ2n) is 8.32. The van der Waals surface area contributed by atoms with Crippen LogP contribution in [-0.2, 0) is 4.79 Å². The second-order valence-corrected chi connectivity index (χ2v) is 8.32. The van der Waals surface area contributed by atoms with Crippen LogP contribution in [-0.4, -0.2) is 17.5 Å². The summed E-state index contributed by atoms with van der Waals surface area (Å²) in [4.78, 5) is 24.7. The van der Waals surface area contributed by atoms with E-state index in [2.05, 4.69) is 29.7 Å². The molecule has 158 valence electrons. The molecule has 5 nitrogen and oxygen atoms in total. The molecule has 1 saturated carbocycles. The quantitative estimate of drug-likeness (QED) is 0.493. The summed E-state index contributed by atoms with van der Waals surface area (Å²) in [6, 6.07) is 15.1. The molecule has 30 heavy (non-hydrogen) atoms. The van der Waals surface area contributed by atoms with E-state index in [1.165, 1.54) is 12.0 Å². The van der Waals surface area contributed by atoms with Crippen molar-refractivity contribution in [3.05, 3.63) is 65.2 Å². The van der Waals surface area contributed by atoms with Crippen LogP contribution in [0.5, 0.6) is 0 Å². The van der Waals surface area contributed by atoms with Crippen molar-refractivity contribution in [3.8, 4) is 0 Å². The fraction of sp³-hybridized carbons (Fsp3) is 0.400. The third-order valence-corrected chi connectivity index (χ3v) is 5.71. The predicted molar refractivity (Wildman–Crippen MR) is 122 cm³/mol. The van der Waals surface area contributed by atoms with Crippen molar-refractivity contribution in [1.29, 1.82) is 0 Å². The first-order chi connectivity index (χ1) is 14.4. The molecule has 0 heterocycles. The second kappa shape index (κ2) is 10.2. The lowest BCUT2D eigenvalue weighted by Crippen LogP contribution is -2.24. The number of benzene rings is 2. The number of nitrogens with zero attached hydrogens (tertiary/aromatic N) is 1. The zero-order valence-corrected chi connectivity index (χ0v) is 18.1. The van der Waals surface area contributed by atoms with Gasteiger partial charge in [-0.3, -0.25) is 9.59 Å². The molecule has 1 aliphatic carbocycles. The Morgan fingerprint density at radius 3 is 2.10 bits per heavy atom. The molecule has 5 heteroatoms. The smallest absolute Gasteiger partial charge is 0.271 e. The number of rotatable bonds is 6. The van der Waals surface area contributed by atoms with Crippen molar-refractivity contribution in [2.45, 2.75) is 58.8 Å². The molecule has 0 saturated heterocycles. The van der Waals surface area contributed by atoms with E-state index in [0.717, 1.165) is 36.9 Å². The van der Waals surface area contributed by atoms with Gasteiger partial charge in [-0.05, 0) is 61.1 Å². The van der Waals surface area contributed by atoms with Crippen molar-refractivity contribution in [2.24, 2.45) is 11.0 Å². The zero-order valence-electron chi connectivity index (χ0n) is 18.1. The average molecular weight is 406 g/mol. The molecule has 0 unspecified atom stereocenters. The van der Waals surface area contributed by atoms with Crippen LogP contribution in [0.3, 0.4) is 0 Å². The Kier molecular flexibility index (Phi) is 7.39. The summed E-state index contributed by atoms with van der Waals surface area (Å²) in [6.45, 7) is 6.09. The first kappa shape index (κ1) is 21.8. The van der Waals surface area contributed by atoms with Crippen LogP contribution in [0.1, 0.15) is 80.3 Å². The maximum atomic E-state index is 12.4. The summed E-state index contributed by atoms with van der Waals surface area (Å²) in [5.41, 5.74) is 6.77. The molecule has 0 atom stereocenters. The van der Waals surface area contributed by atoms with E-state index in [1.807, 2.05) is 55.5 Å². The van der Waals surface area contributed by atoms with Crippen LogP contribution >= 0.6 is 0 Å². The Hall–Kier alpha value is -2.95. The predicted octanol–water partition coefficient (Wildman–Crippen LogP) is 5.48. The normalized spacial score (nSPS) is 15.1. The van der Waals surface area contributed by atoms with Gasteiger partial charge in [0, 0.05) is 17.2 Å². The highest BCUT2D eigenvalue weighted by molar-refractivity contribution is 6.01. The van der Waals surface area contributed by atoms with Crippen LogP contribution in [0.15, 0.2) is 53.6 Å². The van der Waals surface area contributed by atoms with E-state index in [0.29, 0.717) is 17.2 Å². The number of nitrogens with one attached hydrogen (secondary N) is 2. The Labute approximate surface area is 179 Å². The van der Waals surface area contributed by atoms with Crippen LogP contribution in [0.2, 0.25) is 0 Å². The molecule has 2 N–H and O–H groups in total. The number of carbonyl (C=O) groups excluding carboxylic acids is 2. The first-order valence-corrected chi connectivity index (χ1v) is 10.8. The highest BCUT2D eigenvalue weighted by Crippen LogP contribution is 2.25. The summed E-state index contributed by atoms with van der Waals surface area (Å²) < 4.78 is 0. The third-order valence-electron chi connectivity index (χ3n) is 5.71. The fourth-order valence-corrected chi connectivity index (χ4v) is 3.69. The molecule has 1 fully saturated rings.